The standard InChI is InChI=1S/C24H20FN3O3S/c1-3-32(30,31)27-22-10-6-9-21(26-17-13-11-16(25)12-14-17)23(22)20-15-28(2)24(29)19-8-5-4-7-18(19)20/h3-15,26-27H,1H2,2H3. The number of pyridine rings is 1. The van der Waals surface area contributed by atoms with Gasteiger partial charge in [0, 0.05) is 46.5 Å². The number of aryl methyl sites for hydroxylation is 1. The molecule has 8 heteroatoms. The van der Waals surface area contributed by atoms with Gasteiger partial charge in [-0.25, -0.2) is 12.8 Å². The van der Waals surface area contributed by atoms with Gasteiger partial charge in [0.15, 0.2) is 0 Å². The third-order valence-electron chi connectivity index (χ3n) is 5.02. The summed E-state index contributed by atoms with van der Waals surface area (Å²) in [5.41, 5.74) is 2.52. The van der Waals surface area contributed by atoms with Gasteiger partial charge in [-0.05, 0) is 47.9 Å². The minimum atomic E-state index is -3.80. The Morgan fingerprint density at radius 1 is 0.938 bits per heavy atom. The average molecular weight is 450 g/mol. The molecule has 0 fully saturated rings. The van der Waals surface area contributed by atoms with Crippen molar-refractivity contribution in [3.8, 4) is 11.1 Å². The number of anilines is 3. The second kappa shape index (κ2) is 8.32. The molecular weight excluding hydrogens is 429 g/mol. The van der Waals surface area contributed by atoms with Crippen LogP contribution in [0.15, 0.2) is 89.7 Å². The number of nitrogens with zero attached hydrogens (tertiary/aromatic N) is 1. The molecule has 2 N–H and O–H groups in total. The molecule has 0 atom stereocenters. The Morgan fingerprint density at radius 3 is 2.28 bits per heavy atom. The zero-order valence-electron chi connectivity index (χ0n) is 17.2. The summed E-state index contributed by atoms with van der Waals surface area (Å²) in [6.45, 7) is 3.36. The molecule has 0 saturated carbocycles. The van der Waals surface area contributed by atoms with E-state index in [1.807, 2.05) is 12.1 Å². The van der Waals surface area contributed by atoms with Crippen LogP contribution >= 0.6 is 0 Å². The lowest BCUT2D eigenvalue weighted by Gasteiger charge is -2.19. The van der Waals surface area contributed by atoms with Crippen LogP contribution in [0.2, 0.25) is 0 Å². The Bertz CT molecular complexity index is 1490. The van der Waals surface area contributed by atoms with Gasteiger partial charge < -0.3 is 9.88 Å². The molecular formula is C24H20FN3O3S. The monoisotopic (exact) mass is 449 g/mol. The quantitative estimate of drug-likeness (QED) is 0.435. The van der Waals surface area contributed by atoms with Crippen molar-refractivity contribution < 1.29 is 12.8 Å². The van der Waals surface area contributed by atoms with Crippen LogP contribution in [0, 0.1) is 5.82 Å². The van der Waals surface area contributed by atoms with Crippen molar-refractivity contribution in [1.82, 2.24) is 4.57 Å². The molecule has 6 nitrogen and oxygen atoms in total. The molecule has 0 aliphatic carbocycles. The number of sulfonamides is 1. The van der Waals surface area contributed by atoms with Crippen molar-refractivity contribution in [3.63, 3.8) is 0 Å². The molecule has 0 saturated heterocycles. The highest BCUT2D eigenvalue weighted by atomic mass is 32.2. The number of nitrogens with one attached hydrogen (secondary N) is 2. The van der Waals surface area contributed by atoms with Crippen molar-refractivity contribution in [2.24, 2.45) is 7.05 Å². The second-order valence-corrected chi connectivity index (χ2v) is 8.81. The normalized spacial score (nSPS) is 11.3. The second-order valence-electron chi connectivity index (χ2n) is 7.18. The molecule has 4 rings (SSSR count). The van der Waals surface area contributed by atoms with Crippen LogP contribution in [0.5, 0.6) is 0 Å². The molecule has 32 heavy (non-hydrogen) atoms. The van der Waals surface area contributed by atoms with Crippen molar-refractivity contribution in [2.75, 3.05) is 10.0 Å². The lowest BCUT2D eigenvalue weighted by Crippen LogP contribution is -2.17. The summed E-state index contributed by atoms with van der Waals surface area (Å²) in [5.74, 6) is -0.368. The first-order valence-electron chi connectivity index (χ1n) is 9.68. The maximum atomic E-state index is 13.4. The molecule has 0 aliphatic rings. The van der Waals surface area contributed by atoms with E-state index in [0.29, 0.717) is 39.0 Å². The Hall–Kier alpha value is -3.91. The number of aromatic nitrogens is 1. The topological polar surface area (TPSA) is 80.2 Å². The number of rotatable bonds is 6. The predicted octanol–water partition coefficient (Wildman–Crippen LogP) is 4.97. The first kappa shape index (κ1) is 21.3. The lowest BCUT2D eigenvalue weighted by molar-refractivity contribution is 0.609. The number of hydrogen-bond donors (Lipinski definition) is 2. The third kappa shape index (κ3) is 4.13. The van der Waals surface area contributed by atoms with E-state index in [4.69, 9.17) is 0 Å². The van der Waals surface area contributed by atoms with Crippen LogP contribution in [0.25, 0.3) is 21.9 Å². The van der Waals surface area contributed by atoms with E-state index in [9.17, 15) is 17.6 Å². The molecule has 162 valence electrons. The van der Waals surface area contributed by atoms with E-state index in [0.717, 1.165) is 5.41 Å². The first-order chi connectivity index (χ1) is 15.3. The van der Waals surface area contributed by atoms with Crippen molar-refractivity contribution >= 4 is 37.9 Å². The highest BCUT2D eigenvalue weighted by Gasteiger charge is 2.18. The number of fused-ring (bicyclic) bond motifs is 1. The third-order valence-corrected chi connectivity index (χ3v) is 5.96. The highest BCUT2D eigenvalue weighted by molar-refractivity contribution is 7.95. The fourth-order valence-corrected chi connectivity index (χ4v) is 4.09. The summed E-state index contributed by atoms with van der Waals surface area (Å²) in [7, 11) is -2.16. The molecule has 0 aliphatic heterocycles. The average Bonchev–Trinajstić information content (AvgIpc) is 2.78. The Balaban J connectivity index is 2.02. The summed E-state index contributed by atoms with van der Waals surface area (Å²) in [6, 6.07) is 18.1. The Labute approximate surface area is 184 Å². The fraction of sp³-hybridized carbons (Fsp3) is 0.0417. The van der Waals surface area contributed by atoms with Crippen LogP contribution in [-0.4, -0.2) is 13.0 Å². The van der Waals surface area contributed by atoms with Gasteiger partial charge in [-0.1, -0.05) is 30.8 Å². The number of benzene rings is 3. The SMILES string of the molecule is C=CS(=O)(=O)Nc1cccc(Nc2ccc(F)cc2)c1-c1cn(C)c(=O)c2ccccc12. The zero-order valence-corrected chi connectivity index (χ0v) is 18.0. The van der Waals surface area contributed by atoms with Gasteiger partial charge in [-0.3, -0.25) is 9.52 Å². The maximum Gasteiger partial charge on any atom is 0.258 e. The van der Waals surface area contributed by atoms with E-state index in [1.165, 1.54) is 16.7 Å². The van der Waals surface area contributed by atoms with Crippen LogP contribution < -0.4 is 15.6 Å². The van der Waals surface area contributed by atoms with Crippen molar-refractivity contribution in [2.45, 2.75) is 0 Å². The molecule has 0 bridgehead atoms. The van der Waals surface area contributed by atoms with Gasteiger partial charge in [0.05, 0.1) is 5.69 Å². The highest BCUT2D eigenvalue weighted by Crippen LogP contribution is 2.40. The van der Waals surface area contributed by atoms with Crippen LogP contribution in [0.1, 0.15) is 0 Å². The van der Waals surface area contributed by atoms with Crippen molar-refractivity contribution in [3.05, 3.63) is 101 Å². The summed E-state index contributed by atoms with van der Waals surface area (Å²) in [4.78, 5) is 12.7. The molecule has 1 aromatic heterocycles. The molecule has 0 spiro atoms. The molecule has 0 radical (unpaired) electrons. The van der Waals surface area contributed by atoms with Crippen LogP contribution in [0.4, 0.5) is 21.5 Å². The predicted molar refractivity (Wildman–Crippen MR) is 127 cm³/mol. The molecule has 4 aromatic rings. The van der Waals surface area contributed by atoms with Gasteiger partial charge in [0.2, 0.25) is 0 Å². The summed E-state index contributed by atoms with van der Waals surface area (Å²) < 4.78 is 42.0. The van der Waals surface area contributed by atoms with Gasteiger partial charge >= 0.3 is 0 Å². The van der Waals surface area contributed by atoms with Gasteiger partial charge in [-0.15, -0.1) is 0 Å². The minimum absolute atomic E-state index is 0.165. The number of hydrogen-bond acceptors (Lipinski definition) is 4. The Morgan fingerprint density at radius 2 is 1.59 bits per heavy atom. The maximum absolute atomic E-state index is 13.4. The van der Waals surface area contributed by atoms with Crippen molar-refractivity contribution in [1.29, 1.82) is 0 Å². The number of halogens is 1. The molecule has 0 unspecified atom stereocenters. The van der Waals surface area contributed by atoms with Gasteiger partial charge in [0.1, 0.15) is 5.82 Å². The van der Waals surface area contributed by atoms with Gasteiger partial charge in [0.25, 0.3) is 15.6 Å². The summed E-state index contributed by atoms with van der Waals surface area (Å²) in [5, 5.41) is 5.23. The summed E-state index contributed by atoms with van der Waals surface area (Å²) in [6.07, 6.45) is 1.67. The minimum Gasteiger partial charge on any atom is -0.355 e. The molecule has 1 heterocycles. The van der Waals surface area contributed by atoms with E-state index >= 15 is 0 Å². The molecule has 0 amide bonds. The zero-order chi connectivity index (χ0) is 22.9. The summed E-state index contributed by atoms with van der Waals surface area (Å²) >= 11 is 0. The lowest BCUT2D eigenvalue weighted by atomic mass is 9.97. The Kier molecular flexibility index (Phi) is 5.54. The van der Waals surface area contributed by atoms with Crippen LogP contribution in [-0.2, 0) is 17.1 Å². The largest absolute Gasteiger partial charge is 0.355 e. The van der Waals surface area contributed by atoms with E-state index in [-0.39, 0.29) is 11.4 Å². The smallest absolute Gasteiger partial charge is 0.258 e. The van der Waals surface area contributed by atoms with E-state index in [1.54, 1.807) is 55.7 Å². The van der Waals surface area contributed by atoms with Gasteiger partial charge in [-0.2, -0.15) is 0 Å². The molecule has 3 aromatic carbocycles. The van der Waals surface area contributed by atoms with E-state index < -0.39 is 10.0 Å². The fourth-order valence-electron chi connectivity index (χ4n) is 3.53. The van der Waals surface area contributed by atoms with Crippen LogP contribution in [0.3, 0.4) is 0 Å². The van der Waals surface area contributed by atoms with E-state index in [2.05, 4.69) is 16.6 Å². The first-order valence-corrected chi connectivity index (χ1v) is 11.2.